The summed E-state index contributed by atoms with van der Waals surface area (Å²) in [6.07, 6.45) is 3.06. The molecule has 90 valence electrons. The highest BCUT2D eigenvalue weighted by Gasteiger charge is 2.08. The smallest absolute Gasteiger partial charge is 0.170 e. The van der Waals surface area contributed by atoms with Gasteiger partial charge in [0.05, 0.1) is 12.0 Å². The molecule has 1 aromatic carbocycles. The highest BCUT2D eigenvalue weighted by molar-refractivity contribution is 9.10. The molecule has 5 heteroatoms. The maximum Gasteiger partial charge on any atom is 0.170 e. The molecule has 0 fully saturated rings. The Morgan fingerprint density at radius 1 is 1.39 bits per heavy atom. The van der Waals surface area contributed by atoms with E-state index in [1.165, 1.54) is 15.0 Å². The minimum atomic E-state index is 0.494. The second kappa shape index (κ2) is 4.66. The summed E-state index contributed by atoms with van der Waals surface area (Å²) < 4.78 is 2.33. The molecule has 0 saturated carbocycles. The van der Waals surface area contributed by atoms with Crippen LogP contribution in [0.25, 0.3) is 10.1 Å². The zero-order valence-electron chi connectivity index (χ0n) is 9.31. The van der Waals surface area contributed by atoms with Gasteiger partial charge in [0.15, 0.2) is 6.29 Å². The predicted molar refractivity (Wildman–Crippen MR) is 76.3 cm³/mol. The normalized spacial score (nSPS) is 10.9. The Kier molecular flexibility index (Phi) is 3.01. The molecule has 0 aliphatic heterocycles. The first-order chi connectivity index (χ1) is 8.76. The lowest BCUT2D eigenvalue weighted by molar-refractivity contribution is 0.111. The molecule has 0 aliphatic rings. The van der Waals surface area contributed by atoms with E-state index < -0.39 is 0 Å². The van der Waals surface area contributed by atoms with E-state index in [9.17, 15) is 4.79 Å². The van der Waals surface area contributed by atoms with Gasteiger partial charge in [0.25, 0.3) is 0 Å². The number of benzene rings is 1. The number of hydrogen-bond acceptors (Lipinski definition) is 3. The van der Waals surface area contributed by atoms with E-state index in [1.807, 2.05) is 6.07 Å². The lowest BCUT2D eigenvalue weighted by Gasteiger charge is -1.94. The molecule has 0 atom stereocenters. The van der Waals surface area contributed by atoms with Crippen molar-refractivity contribution >= 4 is 43.6 Å². The van der Waals surface area contributed by atoms with Gasteiger partial charge in [-0.15, -0.1) is 11.3 Å². The first-order valence-corrected chi connectivity index (χ1v) is 7.02. The molecule has 0 amide bonds. The van der Waals surface area contributed by atoms with Crippen LogP contribution in [-0.4, -0.2) is 16.3 Å². The van der Waals surface area contributed by atoms with Crippen molar-refractivity contribution in [2.75, 3.05) is 0 Å². The van der Waals surface area contributed by atoms with Gasteiger partial charge in [-0.1, -0.05) is 15.9 Å². The monoisotopic (exact) mass is 320 g/mol. The second-order valence-electron chi connectivity index (χ2n) is 3.96. The largest absolute Gasteiger partial charge is 0.348 e. The summed E-state index contributed by atoms with van der Waals surface area (Å²) in [5.74, 6) is 0. The number of carbonyl (C=O) groups is 1. The Labute approximate surface area is 116 Å². The van der Waals surface area contributed by atoms with E-state index in [1.54, 1.807) is 17.7 Å². The van der Waals surface area contributed by atoms with Crippen molar-refractivity contribution in [3.05, 3.63) is 51.3 Å². The number of rotatable bonds is 3. The van der Waals surface area contributed by atoms with Crippen LogP contribution >= 0.6 is 27.3 Å². The third-order valence-electron chi connectivity index (χ3n) is 2.74. The molecular formula is C13H9BrN2OS. The summed E-state index contributed by atoms with van der Waals surface area (Å²) in [7, 11) is 0. The van der Waals surface area contributed by atoms with Crippen molar-refractivity contribution in [3.63, 3.8) is 0 Å². The Hall–Kier alpha value is -1.46. The van der Waals surface area contributed by atoms with E-state index in [4.69, 9.17) is 0 Å². The minimum absolute atomic E-state index is 0.494. The van der Waals surface area contributed by atoms with E-state index in [2.05, 4.69) is 44.1 Å². The molecule has 18 heavy (non-hydrogen) atoms. The number of imidazole rings is 1. The van der Waals surface area contributed by atoms with Crippen LogP contribution in [0.3, 0.4) is 0 Å². The van der Waals surface area contributed by atoms with Crippen LogP contribution in [-0.2, 0) is 6.42 Å². The number of aldehydes is 1. The number of aromatic amines is 1. The summed E-state index contributed by atoms with van der Waals surface area (Å²) in [5, 5.41) is 1.22. The quantitative estimate of drug-likeness (QED) is 0.746. The fourth-order valence-corrected chi connectivity index (χ4v) is 3.34. The van der Waals surface area contributed by atoms with E-state index in [-0.39, 0.29) is 0 Å². The van der Waals surface area contributed by atoms with Crippen molar-refractivity contribution in [1.82, 2.24) is 9.97 Å². The van der Waals surface area contributed by atoms with Crippen molar-refractivity contribution in [3.8, 4) is 0 Å². The minimum Gasteiger partial charge on any atom is -0.348 e. The molecule has 0 unspecified atom stereocenters. The zero-order chi connectivity index (χ0) is 12.5. The number of nitrogens with zero attached hydrogens (tertiary/aromatic N) is 1. The van der Waals surface area contributed by atoms with Gasteiger partial charge in [-0.05, 0) is 29.7 Å². The molecule has 0 radical (unpaired) electrons. The predicted octanol–water partition coefficient (Wildman–Crippen LogP) is 3.79. The molecule has 2 aromatic heterocycles. The number of H-pyrrole nitrogens is 1. The van der Waals surface area contributed by atoms with Gasteiger partial charge in [0.1, 0.15) is 5.69 Å². The second-order valence-corrected chi connectivity index (χ2v) is 6.04. The standard InChI is InChI=1S/C13H9BrN2OS/c14-9-1-2-13-8(3-9)4-10(18-13)5-11-12(6-17)16-7-15-11/h1-4,6-7H,5H2,(H,15,16). The first kappa shape index (κ1) is 11.6. The molecule has 0 aliphatic carbocycles. The third-order valence-corrected chi connectivity index (χ3v) is 4.35. The first-order valence-electron chi connectivity index (χ1n) is 5.41. The van der Waals surface area contributed by atoms with Crippen LogP contribution in [0, 0.1) is 0 Å². The molecule has 0 spiro atoms. The number of fused-ring (bicyclic) bond motifs is 1. The van der Waals surface area contributed by atoms with E-state index >= 15 is 0 Å². The van der Waals surface area contributed by atoms with Crippen LogP contribution < -0.4 is 0 Å². The Morgan fingerprint density at radius 3 is 3.11 bits per heavy atom. The van der Waals surface area contributed by atoms with Crippen LogP contribution in [0.5, 0.6) is 0 Å². The topological polar surface area (TPSA) is 45.8 Å². The lowest BCUT2D eigenvalue weighted by atomic mass is 10.2. The number of nitrogens with one attached hydrogen (secondary N) is 1. The molecule has 3 aromatic rings. The Bertz CT molecular complexity index is 717. The average molecular weight is 321 g/mol. The fraction of sp³-hybridized carbons (Fsp3) is 0.0769. The van der Waals surface area contributed by atoms with Crippen molar-refractivity contribution in [1.29, 1.82) is 0 Å². The third kappa shape index (κ3) is 2.11. The van der Waals surface area contributed by atoms with Gasteiger partial charge in [-0.25, -0.2) is 4.98 Å². The molecule has 3 nitrogen and oxygen atoms in total. The lowest BCUT2D eigenvalue weighted by Crippen LogP contribution is -1.91. The number of carbonyl (C=O) groups excluding carboxylic acids is 1. The Morgan fingerprint density at radius 2 is 2.28 bits per heavy atom. The van der Waals surface area contributed by atoms with E-state index in [0.717, 1.165) is 16.5 Å². The maximum atomic E-state index is 10.8. The van der Waals surface area contributed by atoms with E-state index in [0.29, 0.717) is 12.1 Å². The van der Waals surface area contributed by atoms with Gasteiger partial charge in [0, 0.05) is 20.5 Å². The summed E-state index contributed by atoms with van der Waals surface area (Å²) >= 11 is 5.21. The molecular weight excluding hydrogens is 312 g/mol. The summed E-state index contributed by atoms with van der Waals surface area (Å²) in [4.78, 5) is 19.0. The van der Waals surface area contributed by atoms with Crippen LogP contribution in [0.2, 0.25) is 0 Å². The fourth-order valence-electron chi connectivity index (χ4n) is 1.91. The highest BCUT2D eigenvalue weighted by atomic mass is 79.9. The summed E-state index contributed by atoms with van der Waals surface area (Å²) in [5.41, 5.74) is 1.37. The van der Waals surface area contributed by atoms with Gasteiger partial charge < -0.3 is 4.98 Å². The maximum absolute atomic E-state index is 10.8. The Balaban J connectivity index is 1.98. The summed E-state index contributed by atoms with van der Waals surface area (Å²) in [6.45, 7) is 0. The van der Waals surface area contributed by atoms with Crippen LogP contribution in [0.1, 0.15) is 21.1 Å². The average Bonchev–Trinajstić information content (AvgIpc) is 2.94. The van der Waals surface area contributed by atoms with Gasteiger partial charge in [-0.2, -0.15) is 0 Å². The van der Waals surface area contributed by atoms with Gasteiger partial charge in [0.2, 0.25) is 0 Å². The number of thiophene rings is 1. The number of aromatic nitrogens is 2. The highest BCUT2D eigenvalue weighted by Crippen LogP contribution is 2.29. The molecule has 2 heterocycles. The van der Waals surface area contributed by atoms with Crippen molar-refractivity contribution in [2.45, 2.75) is 6.42 Å². The van der Waals surface area contributed by atoms with Gasteiger partial charge >= 0.3 is 0 Å². The molecule has 1 N–H and O–H groups in total. The number of halogens is 1. The number of hydrogen-bond donors (Lipinski definition) is 1. The SMILES string of the molecule is O=Cc1nc[nH]c1Cc1cc2cc(Br)ccc2s1. The van der Waals surface area contributed by atoms with Crippen LogP contribution in [0.4, 0.5) is 0 Å². The molecule has 0 bridgehead atoms. The zero-order valence-corrected chi connectivity index (χ0v) is 11.7. The van der Waals surface area contributed by atoms with Gasteiger partial charge in [-0.3, -0.25) is 4.79 Å². The van der Waals surface area contributed by atoms with Crippen molar-refractivity contribution in [2.24, 2.45) is 0 Å². The molecule has 3 rings (SSSR count). The molecule has 0 saturated heterocycles. The van der Waals surface area contributed by atoms with Crippen LogP contribution in [0.15, 0.2) is 35.1 Å². The summed E-state index contributed by atoms with van der Waals surface area (Å²) in [6, 6.07) is 8.39. The van der Waals surface area contributed by atoms with Crippen molar-refractivity contribution < 1.29 is 4.79 Å².